The van der Waals surface area contributed by atoms with Crippen molar-refractivity contribution >= 4 is 5.82 Å². The zero-order chi connectivity index (χ0) is 14.8. The number of benzene rings is 1. The van der Waals surface area contributed by atoms with E-state index in [0.29, 0.717) is 11.7 Å². The molecule has 0 saturated carbocycles. The van der Waals surface area contributed by atoms with E-state index in [1.807, 2.05) is 6.07 Å². The molecule has 1 aliphatic carbocycles. The molecule has 110 valence electrons. The molecule has 1 heterocycles. The molecule has 0 spiro atoms. The fourth-order valence-electron chi connectivity index (χ4n) is 2.90. The van der Waals surface area contributed by atoms with E-state index in [1.165, 1.54) is 36.7 Å². The second-order valence-corrected chi connectivity index (χ2v) is 5.87. The number of nitrogen functional groups attached to an aromatic ring is 1. The fourth-order valence-corrected chi connectivity index (χ4v) is 2.90. The van der Waals surface area contributed by atoms with E-state index in [4.69, 9.17) is 10.5 Å². The third kappa shape index (κ3) is 2.84. The van der Waals surface area contributed by atoms with Gasteiger partial charge in [0.15, 0.2) is 0 Å². The standard InChI is InChI=1S/C17H21N3O/c1-11(2)15-16(18)19-10-20-17(15)21-14-8-7-12-5-3-4-6-13(12)9-14/h7-11H,3-6H2,1-2H3,(H2,18,19,20). The van der Waals surface area contributed by atoms with Crippen molar-refractivity contribution < 1.29 is 4.74 Å². The Morgan fingerprint density at radius 2 is 1.86 bits per heavy atom. The molecule has 0 unspecified atom stereocenters. The van der Waals surface area contributed by atoms with Gasteiger partial charge < -0.3 is 10.5 Å². The average molecular weight is 283 g/mol. The summed E-state index contributed by atoms with van der Waals surface area (Å²) in [6.07, 6.45) is 6.30. The number of ether oxygens (including phenoxy) is 1. The summed E-state index contributed by atoms with van der Waals surface area (Å²) in [6.45, 7) is 4.13. The highest BCUT2D eigenvalue weighted by Gasteiger charge is 2.16. The number of hydrogen-bond donors (Lipinski definition) is 1. The summed E-state index contributed by atoms with van der Waals surface area (Å²) in [5, 5.41) is 0. The molecule has 21 heavy (non-hydrogen) atoms. The largest absolute Gasteiger partial charge is 0.439 e. The second kappa shape index (κ2) is 5.72. The topological polar surface area (TPSA) is 61.0 Å². The number of aryl methyl sites for hydroxylation is 2. The smallest absolute Gasteiger partial charge is 0.227 e. The van der Waals surface area contributed by atoms with Gasteiger partial charge in [0.25, 0.3) is 0 Å². The Balaban J connectivity index is 1.92. The molecule has 0 saturated heterocycles. The van der Waals surface area contributed by atoms with Crippen molar-refractivity contribution in [3.05, 3.63) is 41.2 Å². The minimum absolute atomic E-state index is 0.221. The number of nitrogens with two attached hydrogens (primary N) is 1. The molecule has 0 aliphatic heterocycles. The van der Waals surface area contributed by atoms with E-state index in [1.54, 1.807) is 0 Å². The van der Waals surface area contributed by atoms with Crippen molar-refractivity contribution in [3.63, 3.8) is 0 Å². The number of aromatic nitrogens is 2. The predicted octanol–water partition coefficient (Wildman–Crippen LogP) is 3.85. The van der Waals surface area contributed by atoms with Crippen LogP contribution in [0.15, 0.2) is 24.5 Å². The van der Waals surface area contributed by atoms with Crippen LogP contribution in [-0.4, -0.2) is 9.97 Å². The maximum atomic E-state index is 5.99. The highest BCUT2D eigenvalue weighted by Crippen LogP contribution is 2.33. The molecule has 0 amide bonds. The van der Waals surface area contributed by atoms with Gasteiger partial charge in [-0.25, -0.2) is 9.97 Å². The van der Waals surface area contributed by atoms with Crippen molar-refractivity contribution in [2.45, 2.75) is 45.4 Å². The first-order valence-corrected chi connectivity index (χ1v) is 7.55. The van der Waals surface area contributed by atoms with Crippen LogP contribution >= 0.6 is 0 Å². The van der Waals surface area contributed by atoms with Gasteiger partial charge in [0, 0.05) is 0 Å². The Bertz CT molecular complexity index is 652. The van der Waals surface area contributed by atoms with Crippen molar-refractivity contribution in [2.75, 3.05) is 5.73 Å². The monoisotopic (exact) mass is 283 g/mol. The van der Waals surface area contributed by atoms with Crippen LogP contribution in [0.3, 0.4) is 0 Å². The van der Waals surface area contributed by atoms with Crippen molar-refractivity contribution in [1.82, 2.24) is 9.97 Å². The quantitative estimate of drug-likeness (QED) is 0.929. The van der Waals surface area contributed by atoms with Crippen LogP contribution < -0.4 is 10.5 Å². The summed E-state index contributed by atoms with van der Waals surface area (Å²) in [5.74, 6) is 2.11. The summed E-state index contributed by atoms with van der Waals surface area (Å²) in [6, 6.07) is 6.33. The third-order valence-electron chi connectivity index (χ3n) is 3.99. The Labute approximate surface area is 125 Å². The molecule has 2 aromatic rings. The molecule has 4 heteroatoms. The Kier molecular flexibility index (Phi) is 3.78. The summed E-state index contributed by atoms with van der Waals surface area (Å²) in [4.78, 5) is 8.31. The zero-order valence-electron chi connectivity index (χ0n) is 12.6. The van der Waals surface area contributed by atoms with E-state index in [2.05, 4.69) is 35.9 Å². The second-order valence-electron chi connectivity index (χ2n) is 5.87. The SMILES string of the molecule is CC(C)c1c(N)ncnc1Oc1ccc2c(c1)CCCC2. The number of rotatable bonds is 3. The predicted molar refractivity (Wildman–Crippen MR) is 83.7 cm³/mol. The lowest BCUT2D eigenvalue weighted by molar-refractivity contribution is 0.450. The molecule has 0 fully saturated rings. The maximum Gasteiger partial charge on any atom is 0.227 e. The van der Waals surface area contributed by atoms with Gasteiger partial charge in [-0.2, -0.15) is 0 Å². The van der Waals surface area contributed by atoms with Crippen LogP contribution in [0.1, 0.15) is 49.3 Å². The molecular weight excluding hydrogens is 262 g/mol. The van der Waals surface area contributed by atoms with Crippen molar-refractivity contribution in [2.24, 2.45) is 0 Å². The highest BCUT2D eigenvalue weighted by atomic mass is 16.5. The van der Waals surface area contributed by atoms with Crippen molar-refractivity contribution in [1.29, 1.82) is 0 Å². The molecule has 2 N–H and O–H groups in total. The maximum absolute atomic E-state index is 5.99. The van der Waals surface area contributed by atoms with E-state index < -0.39 is 0 Å². The molecule has 3 rings (SSSR count). The molecule has 4 nitrogen and oxygen atoms in total. The minimum Gasteiger partial charge on any atom is -0.439 e. The first-order chi connectivity index (χ1) is 10.1. The first kappa shape index (κ1) is 13.9. The molecule has 0 atom stereocenters. The number of fused-ring (bicyclic) bond motifs is 1. The Hall–Kier alpha value is -2.10. The van der Waals surface area contributed by atoms with Crippen LogP contribution in [0, 0.1) is 0 Å². The van der Waals surface area contributed by atoms with Crippen LogP contribution in [0.25, 0.3) is 0 Å². The fraction of sp³-hybridized carbons (Fsp3) is 0.412. The third-order valence-corrected chi connectivity index (χ3v) is 3.99. The van der Waals surface area contributed by atoms with E-state index in [0.717, 1.165) is 17.7 Å². The summed E-state index contributed by atoms with van der Waals surface area (Å²) < 4.78 is 5.99. The lowest BCUT2D eigenvalue weighted by atomic mass is 9.92. The number of nitrogens with zero attached hydrogens (tertiary/aromatic N) is 2. The molecule has 0 radical (unpaired) electrons. The number of anilines is 1. The first-order valence-electron chi connectivity index (χ1n) is 7.55. The van der Waals surface area contributed by atoms with Gasteiger partial charge in [0.05, 0.1) is 5.56 Å². The normalized spacial score (nSPS) is 14.0. The average Bonchev–Trinajstić information content (AvgIpc) is 2.47. The Morgan fingerprint density at radius 3 is 2.62 bits per heavy atom. The molecule has 1 aromatic carbocycles. The van der Waals surface area contributed by atoms with Crippen molar-refractivity contribution in [3.8, 4) is 11.6 Å². The molecule has 1 aromatic heterocycles. The van der Waals surface area contributed by atoms with Gasteiger partial charge in [-0.3, -0.25) is 0 Å². The van der Waals surface area contributed by atoms with E-state index in [9.17, 15) is 0 Å². The van der Waals surface area contributed by atoms with Crippen LogP contribution in [0.2, 0.25) is 0 Å². The van der Waals surface area contributed by atoms with Gasteiger partial charge in [-0.05, 0) is 54.9 Å². The van der Waals surface area contributed by atoms with E-state index >= 15 is 0 Å². The van der Waals surface area contributed by atoms with Gasteiger partial charge in [-0.1, -0.05) is 19.9 Å². The highest BCUT2D eigenvalue weighted by molar-refractivity contribution is 5.48. The lowest BCUT2D eigenvalue weighted by Gasteiger charge is -2.18. The van der Waals surface area contributed by atoms with Gasteiger partial charge in [0.1, 0.15) is 17.9 Å². The van der Waals surface area contributed by atoms with Gasteiger partial charge in [0.2, 0.25) is 5.88 Å². The Morgan fingerprint density at radius 1 is 1.10 bits per heavy atom. The van der Waals surface area contributed by atoms with Crippen LogP contribution in [0.4, 0.5) is 5.82 Å². The number of hydrogen-bond acceptors (Lipinski definition) is 4. The van der Waals surface area contributed by atoms with Gasteiger partial charge in [-0.15, -0.1) is 0 Å². The van der Waals surface area contributed by atoms with Crippen LogP contribution in [0.5, 0.6) is 11.6 Å². The summed E-state index contributed by atoms with van der Waals surface area (Å²) in [5.41, 5.74) is 9.67. The minimum atomic E-state index is 0.221. The zero-order valence-corrected chi connectivity index (χ0v) is 12.6. The lowest BCUT2D eigenvalue weighted by Crippen LogP contribution is -2.05. The summed E-state index contributed by atoms with van der Waals surface area (Å²) in [7, 11) is 0. The van der Waals surface area contributed by atoms with Gasteiger partial charge >= 0.3 is 0 Å². The van der Waals surface area contributed by atoms with Crippen LogP contribution in [-0.2, 0) is 12.8 Å². The summed E-state index contributed by atoms with van der Waals surface area (Å²) >= 11 is 0. The molecule has 1 aliphatic rings. The molecular formula is C17H21N3O. The van der Waals surface area contributed by atoms with E-state index in [-0.39, 0.29) is 5.92 Å². The molecule has 0 bridgehead atoms.